The number of unbranched alkanes of at least 4 members (excludes halogenated alkanes) is 8. The van der Waals surface area contributed by atoms with Crippen molar-refractivity contribution in [2.75, 3.05) is 19.8 Å². The number of esters is 1. The Hall–Kier alpha value is -2.56. The molecule has 0 heterocycles. The quantitative estimate of drug-likeness (QED) is 0.0267. The van der Waals surface area contributed by atoms with Gasteiger partial charge in [0.2, 0.25) is 5.91 Å². The predicted octanol–water partition coefficient (Wildman–Crippen LogP) is 7.10. The topological polar surface area (TPSA) is 169 Å². The molecule has 11 nitrogen and oxygen atoms in total. The van der Waals surface area contributed by atoms with Crippen LogP contribution in [0.25, 0.3) is 0 Å². The van der Waals surface area contributed by atoms with E-state index >= 15 is 0 Å². The number of carboxylic acid groups (broad SMARTS) is 1. The number of allylic oxidation sites excluding steroid dienone is 8. The van der Waals surface area contributed by atoms with E-state index in [0.29, 0.717) is 19.3 Å². The minimum absolute atomic E-state index is 0.135. The zero-order valence-electron chi connectivity index (χ0n) is 27.9. The molecule has 0 radical (unpaired) electrons. The second-order valence-electron chi connectivity index (χ2n) is 11.0. The van der Waals surface area contributed by atoms with Crippen LogP contribution in [0.15, 0.2) is 48.6 Å². The standard InChI is InChI=1S/C34H58NO10P/c1-3-5-7-9-10-11-12-13-14-15-16-17-18-19-20-22-24-26-33(38)43-27-30(36)28-44-46(41,42)45-29-31(34(39)40)35-32(37)25-23-21-8-6-4-2/h10-11,13-14,16-17,19-20,30-31,36H,3-9,12,15,18,21-29H2,1-2H3,(H,35,37)(H,39,40)(H,41,42)/b11-10-,14-13-,17-16-,20-19-. The lowest BCUT2D eigenvalue weighted by atomic mass is 10.1. The number of carbonyl (C=O) groups excluding carboxylic acids is 2. The average molecular weight is 672 g/mol. The van der Waals surface area contributed by atoms with Gasteiger partial charge in [0.05, 0.1) is 13.2 Å². The van der Waals surface area contributed by atoms with Crippen molar-refractivity contribution in [2.45, 2.75) is 129 Å². The second kappa shape index (κ2) is 29.8. The van der Waals surface area contributed by atoms with E-state index < -0.39 is 57.6 Å². The molecule has 0 aliphatic heterocycles. The third-order valence-electron chi connectivity index (χ3n) is 6.62. The SMILES string of the molecule is CCCCC/C=C\C/C=C\C/C=C\C/C=C\CCCC(=O)OCC(O)COP(=O)(O)OCC(NC(=O)CCCCCCC)C(=O)O. The smallest absolute Gasteiger partial charge is 0.472 e. The molecule has 0 saturated heterocycles. The number of aliphatic carboxylic acids is 1. The first kappa shape index (κ1) is 43.4. The van der Waals surface area contributed by atoms with Crippen LogP contribution in [0.1, 0.15) is 117 Å². The van der Waals surface area contributed by atoms with Crippen molar-refractivity contribution in [1.82, 2.24) is 5.32 Å². The fourth-order valence-corrected chi connectivity index (χ4v) is 4.72. The van der Waals surface area contributed by atoms with Gasteiger partial charge in [0.15, 0.2) is 6.04 Å². The Morgan fingerprint density at radius 3 is 1.80 bits per heavy atom. The summed E-state index contributed by atoms with van der Waals surface area (Å²) in [6.45, 7) is 2.33. The summed E-state index contributed by atoms with van der Waals surface area (Å²) in [4.78, 5) is 45.1. The van der Waals surface area contributed by atoms with Gasteiger partial charge in [-0.25, -0.2) is 9.36 Å². The first-order chi connectivity index (χ1) is 22.1. The summed E-state index contributed by atoms with van der Waals surface area (Å²) >= 11 is 0. The van der Waals surface area contributed by atoms with E-state index in [-0.39, 0.29) is 12.8 Å². The Morgan fingerprint density at radius 1 is 0.696 bits per heavy atom. The van der Waals surface area contributed by atoms with Gasteiger partial charge in [-0.2, -0.15) is 0 Å². The number of aliphatic hydroxyl groups is 1. The highest BCUT2D eigenvalue weighted by Gasteiger charge is 2.28. The fraction of sp³-hybridized carbons (Fsp3) is 0.676. The van der Waals surface area contributed by atoms with Gasteiger partial charge >= 0.3 is 19.8 Å². The summed E-state index contributed by atoms with van der Waals surface area (Å²) in [6, 6.07) is -1.55. The number of hydrogen-bond donors (Lipinski definition) is 4. The number of phosphoric ester groups is 1. The third kappa shape index (κ3) is 28.9. The van der Waals surface area contributed by atoms with Crippen molar-refractivity contribution in [3.8, 4) is 0 Å². The zero-order valence-corrected chi connectivity index (χ0v) is 28.7. The van der Waals surface area contributed by atoms with Gasteiger partial charge in [-0.05, 0) is 51.4 Å². The lowest BCUT2D eigenvalue weighted by Crippen LogP contribution is -2.43. The van der Waals surface area contributed by atoms with Crippen molar-refractivity contribution in [2.24, 2.45) is 0 Å². The Balaban J connectivity index is 4.04. The Kier molecular flexibility index (Phi) is 28.2. The summed E-state index contributed by atoms with van der Waals surface area (Å²) in [5.41, 5.74) is 0. The first-order valence-electron chi connectivity index (χ1n) is 16.7. The van der Waals surface area contributed by atoms with Crippen molar-refractivity contribution in [3.05, 3.63) is 48.6 Å². The van der Waals surface area contributed by atoms with Crippen LogP contribution in [0.2, 0.25) is 0 Å². The lowest BCUT2D eigenvalue weighted by molar-refractivity contribution is -0.147. The summed E-state index contributed by atoms with van der Waals surface area (Å²) in [5, 5.41) is 21.5. The second-order valence-corrected chi connectivity index (χ2v) is 12.5. The molecule has 12 heteroatoms. The Labute approximate surface area is 275 Å². The van der Waals surface area contributed by atoms with Gasteiger partial charge in [0.25, 0.3) is 0 Å². The number of carbonyl (C=O) groups is 3. The van der Waals surface area contributed by atoms with Crippen LogP contribution in [-0.4, -0.2) is 64.9 Å². The molecule has 3 unspecified atom stereocenters. The zero-order chi connectivity index (χ0) is 34.3. The molecule has 46 heavy (non-hydrogen) atoms. The van der Waals surface area contributed by atoms with Crippen LogP contribution in [0, 0.1) is 0 Å². The van der Waals surface area contributed by atoms with Crippen LogP contribution < -0.4 is 5.32 Å². The van der Waals surface area contributed by atoms with Crippen LogP contribution in [0.3, 0.4) is 0 Å². The van der Waals surface area contributed by atoms with Crippen LogP contribution in [-0.2, 0) is 32.7 Å². The molecule has 3 atom stereocenters. The third-order valence-corrected chi connectivity index (χ3v) is 7.57. The van der Waals surface area contributed by atoms with E-state index in [1.807, 2.05) is 12.2 Å². The molecule has 0 aromatic heterocycles. The number of hydrogen-bond acceptors (Lipinski definition) is 8. The van der Waals surface area contributed by atoms with Gasteiger partial charge in [-0.3, -0.25) is 18.6 Å². The van der Waals surface area contributed by atoms with Gasteiger partial charge in [0.1, 0.15) is 12.7 Å². The van der Waals surface area contributed by atoms with E-state index in [4.69, 9.17) is 4.74 Å². The molecular formula is C34H58NO10P. The summed E-state index contributed by atoms with van der Waals surface area (Å²) in [6.07, 6.45) is 29.3. The first-order valence-corrected chi connectivity index (χ1v) is 18.2. The van der Waals surface area contributed by atoms with Crippen molar-refractivity contribution in [3.63, 3.8) is 0 Å². The lowest BCUT2D eigenvalue weighted by Gasteiger charge is -2.18. The minimum Gasteiger partial charge on any atom is -0.480 e. The Bertz CT molecular complexity index is 979. The van der Waals surface area contributed by atoms with Crippen LogP contribution in [0.4, 0.5) is 0 Å². The minimum atomic E-state index is -4.75. The van der Waals surface area contributed by atoms with Gasteiger partial charge in [0, 0.05) is 12.8 Å². The molecule has 0 bridgehead atoms. The molecule has 0 fully saturated rings. The predicted molar refractivity (Wildman–Crippen MR) is 180 cm³/mol. The highest BCUT2D eigenvalue weighted by Crippen LogP contribution is 2.43. The van der Waals surface area contributed by atoms with Gasteiger partial charge < -0.3 is 25.2 Å². The number of rotatable bonds is 30. The molecule has 0 spiro atoms. The molecule has 0 saturated carbocycles. The van der Waals surface area contributed by atoms with Crippen molar-refractivity contribution in [1.29, 1.82) is 0 Å². The van der Waals surface area contributed by atoms with E-state index in [0.717, 1.165) is 51.4 Å². The fourth-order valence-electron chi connectivity index (χ4n) is 3.95. The molecule has 0 aromatic rings. The Morgan fingerprint density at radius 2 is 1.22 bits per heavy atom. The normalized spacial score (nSPS) is 14.7. The molecule has 264 valence electrons. The maximum absolute atomic E-state index is 12.1. The highest BCUT2D eigenvalue weighted by atomic mass is 31.2. The highest BCUT2D eigenvalue weighted by molar-refractivity contribution is 7.47. The summed E-state index contributed by atoms with van der Waals surface area (Å²) < 4.78 is 26.4. The van der Waals surface area contributed by atoms with Crippen LogP contribution >= 0.6 is 7.82 Å². The largest absolute Gasteiger partial charge is 0.480 e. The number of ether oxygens (including phenoxy) is 1. The van der Waals surface area contributed by atoms with Gasteiger partial charge in [-0.1, -0.05) is 101 Å². The molecular weight excluding hydrogens is 613 g/mol. The molecule has 1 amide bonds. The molecule has 4 N–H and O–H groups in total. The van der Waals surface area contributed by atoms with E-state index in [9.17, 15) is 34.1 Å². The van der Waals surface area contributed by atoms with Crippen molar-refractivity contribution >= 4 is 25.7 Å². The number of nitrogens with one attached hydrogen (secondary N) is 1. The van der Waals surface area contributed by atoms with E-state index in [2.05, 4.69) is 64.7 Å². The summed E-state index contributed by atoms with van der Waals surface area (Å²) in [5.74, 6) is -2.46. The van der Waals surface area contributed by atoms with E-state index in [1.54, 1.807) is 0 Å². The number of amides is 1. The molecule has 0 aliphatic carbocycles. The maximum atomic E-state index is 12.1. The molecule has 0 rings (SSSR count). The molecule has 0 aliphatic rings. The maximum Gasteiger partial charge on any atom is 0.472 e. The van der Waals surface area contributed by atoms with Crippen LogP contribution in [0.5, 0.6) is 0 Å². The monoisotopic (exact) mass is 671 g/mol. The molecule has 0 aromatic carbocycles. The van der Waals surface area contributed by atoms with Crippen molar-refractivity contribution < 1.29 is 47.8 Å². The number of phosphoric acid groups is 1. The number of carboxylic acids is 1. The number of aliphatic hydroxyl groups excluding tert-OH is 1. The van der Waals surface area contributed by atoms with E-state index in [1.165, 1.54) is 19.3 Å². The van der Waals surface area contributed by atoms with Gasteiger partial charge in [-0.15, -0.1) is 0 Å². The average Bonchev–Trinajstić information content (AvgIpc) is 3.02. The summed E-state index contributed by atoms with van der Waals surface area (Å²) in [7, 11) is -4.75.